The minimum atomic E-state index is -0.726. The zero-order valence-corrected chi connectivity index (χ0v) is 15.0. The standard InChI is InChI=1S/C20H15ClN4O2/c21-14-5-6-15-13(9-14)11-16(23-15)19(26)24-17-10-12-3-1-2-4-18(12)25(8-7-22)20(17)27/h1-6,9,11,17,23H,8,10H2,(H,24,26)/t17-/m1/s1. The number of para-hydroxylation sites is 1. The average molecular weight is 379 g/mol. The number of aromatic amines is 1. The zero-order valence-electron chi connectivity index (χ0n) is 14.2. The monoisotopic (exact) mass is 378 g/mol. The third-order valence-electron chi connectivity index (χ3n) is 4.63. The Kier molecular flexibility index (Phi) is 4.30. The largest absolute Gasteiger partial charge is 0.351 e. The fraction of sp³-hybridized carbons (Fsp3) is 0.150. The molecule has 1 atom stereocenters. The summed E-state index contributed by atoms with van der Waals surface area (Å²) in [5.74, 6) is -0.667. The van der Waals surface area contributed by atoms with Gasteiger partial charge in [0.05, 0.1) is 6.07 Å². The summed E-state index contributed by atoms with van der Waals surface area (Å²) in [6.07, 6.45) is 0.384. The molecule has 0 unspecified atom stereocenters. The first-order valence-electron chi connectivity index (χ1n) is 8.42. The van der Waals surface area contributed by atoms with Crippen LogP contribution in [-0.4, -0.2) is 29.4 Å². The van der Waals surface area contributed by atoms with Crippen molar-refractivity contribution in [2.45, 2.75) is 12.5 Å². The lowest BCUT2D eigenvalue weighted by atomic mass is 9.97. The van der Waals surface area contributed by atoms with E-state index in [0.29, 0.717) is 17.1 Å². The smallest absolute Gasteiger partial charge is 0.268 e. The van der Waals surface area contributed by atoms with E-state index in [4.69, 9.17) is 16.9 Å². The van der Waals surface area contributed by atoms with Gasteiger partial charge in [-0.1, -0.05) is 29.8 Å². The Morgan fingerprint density at radius 2 is 2.11 bits per heavy atom. The van der Waals surface area contributed by atoms with Crippen LogP contribution >= 0.6 is 11.6 Å². The van der Waals surface area contributed by atoms with Crippen molar-refractivity contribution in [3.8, 4) is 6.07 Å². The first-order valence-corrected chi connectivity index (χ1v) is 8.80. The van der Waals surface area contributed by atoms with Crippen molar-refractivity contribution in [2.75, 3.05) is 11.4 Å². The number of H-pyrrole nitrogens is 1. The number of fused-ring (bicyclic) bond motifs is 2. The van der Waals surface area contributed by atoms with E-state index >= 15 is 0 Å². The van der Waals surface area contributed by atoms with Gasteiger partial charge in [0.2, 0.25) is 0 Å². The van der Waals surface area contributed by atoms with Gasteiger partial charge in [-0.3, -0.25) is 14.5 Å². The molecule has 0 radical (unpaired) electrons. The number of aromatic nitrogens is 1. The Labute approximate surface area is 160 Å². The van der Waals surface area contributed by atoms with Gasteiger partial charge in [-0.2, -0.15) is 5.26 Å². The van der Waals surface area contributed by atoms with E-state index in [2.05, 4.69) is 10.3 Å². The number of benzene rings is 2. The van der Waals surface area contributed by atoms with Gasteiger partial charge in [-0.25, -0.2) is 0 Å². The molecule has 0 bridgehead atoms. The van der Waals surface area contributed by atoms with Crippen LogP contribution in [-0.2, 0) is 11.2 Å². The van der Waals surface area contributed by atoms with Crippen LogP contribution in [0.5, 0.6) is 0 Å². The highest BCUT2D eigenvalue weighted by molar-refractivity contribution is 6.31. The van der Waals surface area contributed by atoms with Crippen molar-refractivity contribution in [1.29, 1.82) is 5.26 Å². The van der Waals surface area contributed by atoms with Gasteiger partial charge in [-0.15, -0.1) is 0 Å². The summed E-state index contributed by atoms with van der Waals surface area (Å²) in [4.78, 5) is 29.9. The summed E-state index contributed by atoms with van der Waals surface area (Å²) < 4.78 is 0. The molecule has 2 N–H and O–H groups in total. The van der Waals surface area contributed by atoms with Crippen LogP contribution in [0.2, 0.25) is 5.02 Å². The predicted molar refractivity (Wildman–Crippen MR) is 103 cm³/mol. The number of amides is 2. The van der Waals surface area contributed by atoms with Gasteiger partial charge in [0, 0.05) is 28.0 Å². The highest BCUT2D eigenvalue weighted by atomic mass is 35.5. The highest BCUT2D eigenvalue weighted by Gasteiger charge is 2.33. The summed E-state index contributed by atoms with van der Waals surface area (Å²) in [6.45, 7) is -0.0624. The van der Waals surface area contributed by atoms with E-state index in [1.165, 1.54) is 4.90 Å². The van der Waals surface area contributed by atoms with Crippen LogP contribution in [0.15, 0.2) is 48.5 Å². The van der Waals surface area contributed by atoms with Crippen LogP contribution in [0, 0.1) is 11.3 Å². The summed E-state index contributed by atoms with van der Waals surface area (Å²) in [7, 11) is 0. The SMILES string of the molecule is N#CCN1C(=O)[C@H](NC(=O)c2cc3cc(Cl)ccc3[nH]2)Cc2ccccc21. The number of carbonyl (C=O) groups excluding carboxylic acids is 2. The van der Waals surface area contributed by atoms with E-state index in [0.717, 1.165) is 22.2 Å². The lowest BCUT2D eigenvalue weighted by molar-refractivity contribution is -0.120. The second-order valence-electron chi connectivity index (χ2n) is 6.36. The number of nitrogens with zero attached hydrogens (tertiary/aromatic N) is 2. The number of nitriles is 1. The van der Waals surface area contributed by atoms with Gasteiger partial charge >= 0.3 is 0 Å². The molecule has 2 amide bonds. The molecule has 2 aromatic carbocycles. The van der Waals surface area contributed by atoms with Crippen LogP contribution in [0.4, 0.5) is 5.69 Å². The molecular formula is C20H15ClN4O2. The molecule has 0 saturated carbocycles. The number of hydrogen-bond donors (Lipinski definition) is 2. The molecule has 27 heavy (non-hydrogen) atoms. The topological polar surface area (TPSA) is 89.0 Å². The summed E-state index contributed by atoms with van der Waals surface area (Å²) in [5, 5.41) is 13.3. The summed E-state index contributed by atoms with van der Waals surface area (Å²) in [6, 6.07) is 15.7. The second-order valence-corrected chi connectivity index (χ2v) is 6.79. The molecule has 0 spiro atoms. The van der Waals surface area contributed by atoms with Crippen molar-refractivity contribution < 1.29 is 9.59 Å². The molecule has 0 saturated heterocycles. The molecule has 1 aliphatic rings. The minimum absolute atomic E-state index is 0.0624. The first-order chi connectivity index (χ1) is 13.1. The number of carbonyl (C=O) groups is 2. The first kappa shape index (κ1) is 17.1. The number of halogens is 1. The van der Waals surface area contributed by atoms with Crippen LogP contribution in [0.25, 0.3) is 10.9 Å². The van der Waals surface area contributed by atoms with Gasteiger partial charge in [-0.05, 0) is 35.9 Å². The lowest BCUT2D eigenvalue weighted by Crippen LogP contribution is -2.53. The van der Waals surface area contributed by atoms with Crippen molar-refractivity contribution in [1.82, 2.24) is 10.3 Å². The van der Waals surface area contributed by atoms with E-state index in [1.54, 1.807) is 24.3 Å². The van der Waals surface area contributed by atoms with Crippen molar-refractivity contribution >= 4 is 40.0 Å². The number of anilines is 1. The van der Waals surface area contributed by atoms with Gasteiger partial charge in [0.15, 0.2) is 0 Å². The Bertz CT molecular complexity index is 1100. The van der Waals surface area contributed by atoms with E-state index < -0.39 is 6.04 Å². The predicted octanol–water partition coefficient (Wildman–Crippen LogP) is 3.03. The fourth-order valence-electron chi connectivity index (χ4n) is 3.37. The molecule has 4 rings (SSSR count). The fourth-order valence-corrected chi connectivity index (χ4v) is 3.55. The van der Waals surface area contributed by atoms with Crippen molar-refractivity contribution in [3.05, 3.63) is 64.8 Å². The van der Waals surface area contributed by atoms with Crippen molar-refractivity contribution in [3.63, 3.8) is 0 Å². The molecule has 2 heterocycles. The zero-order chi connectivity index (χ0) is 19.0. The Hall–Kier alpha value is -3.30. The Morgan fingerprint density at radius 3 is 2.93 bits per heavy atom. The minimum Gasteiger partial charge on any atom is -0.351 e. The Morgan fingerprint density at radius 1 is 1.30 bits per heavy atom. The lowest BCUT2D eigenvalue weighted by Gasteiger charge is -2.32. The molecule has 6 nitrogen and oxygen atoms in total. The summed E-state index contributed by atoms with van der Waals surface area (Å²) in [5.41, 5.74) is 2.78. The molecular weight excluding hydrogens is 364 g/mol. The third-order valence-corrected chi connectivity index (χ3v) is 4.87. The van der Waals surface area contributed by atoms with E-state index in [9.17, 15) is 9.59 Å². The van der Waals surface area contributed by atoms with Gasteiger partial charge in [0.25, 0.3) is 11.8 Å². The van der Waals surface area contributed by atoms with Gasteiger partial charge < -0.3 is 10.3 Å². The molecule has 0 aliphatic carbocycles. The van der Waals surface area contributed by atoms with Crippen LogP contribution in [0.3, 0.4) is 0 Å². The maximum atomic E-state index is 12.8. The Balaban J connectivity index is 1.60. The van der Waals surface area contributed by atoms with Crippen molar-refractivity contribution in [2.24, 2.45) is 0 Å². The molecule has 1 aliphatic heterocycles. The van der Waals surface area contributed by atoms with Gasteiger partial charge in [0.1, 0.15) is 18.3 Å². The van der Waals surface area contributed by atoms with E-state index in [-0.39, 0.29) is 18.4 Å². The number of rotatable bonds is 3. The molecule has 0 fully saturated rings. The summed E-state index contributed by atoms with van der Waals surface area (Å²) >= 11 is 5.98. The van der Waals surface area contributed by atoms with Crippen LogP contribution < -0.4 is 10.2 Å². The van der Waals surface area contributed by atoms with Crippen LogP contribution in [0.1, 0.15) is 16.1 Å². The normalized spacial score (nSPS) is 16.1. The highest BCUT2D eigenvalue weighted by Crippen LogP contribution is 2.28. The molecule has 3 aromatic rings. The molecule has 1 aromatic heterocycles. The maximum absolute atomic E-state index is 12.8. The van der Waals surface area contributed by atoms with E-state index in [1.807, 2.05) is 30.3 Å². The molecule has 7 heteroatoms. The second kappa shape index (κ2) is 6.78. The third kappa shape index (κ3) is 3.14. The maximum Gasteiger partial charge on any atom is 0.268 e. The quantitative estimate of drug-likeness (QED) is 0.686. The number of hydrogen-bond acceptors (Lipinski definition) is 3. The number of nitrogens with one attached hydrogen (secondary N) is 2. The average Bonchev–Trinajstić information content (AvgIpc) is 3.08. The molecule has 134 valence electrons.